The minimum Gasteiger partial charge on any atom is -0.384 e. The molecule has 164 valence electrons. The molecule has 0 fully saturated rings. The number of aryl methyl sites for hydroxylation is 1. The predicted molar refractivity (Wildman–Crippen MR) is 111 cm³/mol. The monoisotopic (exact) mass is 431 g/mol. The van der Waals surface area contributed by atoms with Gasteiger partial charge in [0, 0.05) is 45.0 Å². The predicted octanol–water partition coefficient (Wildman–Crippen LogP) is 3.37. The third kappa shape index (κ3) is 5.79. The largest absolute Gasteiger partial charge is 0.384 e. The van der Waals surface area contributed by atoms with Crippen molar-refractivity contribution in [3.63, 3.8) is 0 Å². The fourth-order valence-electron chi connectivity index (χ4n) is 2.79. The normalized spacial score (nSPS) is 11.4. The molecule has 0 spiro atoms. The highest BCUT2D eigenvalue weighted by molar-refractivity contribution is 5.88. The summed E-state index contributed by atoms with van der Waals surface area (Å²) >= 11 is 0. The van der Waals surface area contributed by atoms with Crippen LogP contribution in [0.25, 0.3) is 5.69 Å². The van der Waals surface area contributed by atoms with Crippen LogP contribution >= 0.6 is 0 Å². The molecule has 0 aromatic carbocycles. The van der Waals surface area contributed by atoms with Crippen LogP contribution in [-0.4, -0.2) is 44.4 Å². The Morgan fingerprint density at radius 3 is 2.68 bits per heavy atom. The van der Waals surface area contributed by atoms with E-state index in [0.29, 0.717) is 30.1 Å². The zero-order valence-corrected chi connectivity index (χ0v) is 17.6. The number of ether oxygens (including phenoxy) is 1. The number of hydrogen-bond acceptors (Lipinski definition) is 7. The van der Waals surface area contributed by atoms with E-state index in [2.05, 4.69) is 30.7 Å². The Hall–Kier alpha value is -3.47. The Labute approximate surface area is 177 Å². The molecule has 0 saturated carbocycles. The summed E-state index contributed by atoms with van der Waals surface area (Å²) in [6.45, 7) is 4.25. The van der Waals surface area contributed by atoms with Crippen molar-refractivity contribution in [1.29, 1.82) is 0 Å². The quantitative estimate of drug-likeness (QED) is 0.563. The molecule has 11 heteroatoms. The van der Waals surface area contributed by atoms with E-state index in [1.54, 1.807) is 37.0 Å². The lowest BCUT2D eigenvalue weighted by Crippen LogP contribution is -2.15. The fraction of sp³-hybridized carbons (Fsp3) is 0.350. The lowest BCUT2D eigenvalue weighted by atomic mass is 10.2. The second-order valence-electron chi connectivity index (χ2n) is 7.04. The van der Waals surface area contributed by atoms with E-state index in [-0.39, 0.29) is 17.5 Å². The second-order valence-corrected chi connectivity index (χ2v) is 7.04. The van der Waals surface area contributed by atoms with E-state index in [1.807, 2.05) is 6.20 Å². The van der Waals surface area contributed by atoms with Gasteiger partial charge in [0.05, 0.1) is 24.7 Å². The van der Waals surface area contributed by atoms with E-state index in [0.717, 1.165) is 12.5 Å². The van der Waals surface area contributed by atoms with Gasteiger partial charge in [-0.25, -0.2) is 19.6 Å². The number of methoxy groups -OCH3 is 1. The van der Waals surface area contributed by atoms with Crippen molar-refractivity contribution in [3.8, 4) is 5.69 Å². The number of carbonyl (C=O) groups is 1. The van der Waals surface area contributed by atoms with E-state index >= 15 is 0 Å². The summed E-state index contributed by atoms with van der Waals surface area (Å²) in [7, 11) is 1.62. The van der Waals surface area contributed by atoms with Crippen LogP contribution in [0.1, 0.15) is 30.9 Å². The molecule has 0 aliphatic carbocycles. The Balaban J connectivity index is 2.01. The molecular weight excluding hydrogens is 408 g/mol. The van der Waals surface area contributed by atoms with Crippen LogP contribution in [0.5, 0.6) is 0 Å². The number of hydrogen-bond donors (Lipinski definition) is 2. The summed E-state index contributed by atoms with van der Waals surface area (Å²) in [5.41, 5.74) is 2.33. The second kappa shape index (κ2) is 9.13. The smallest absolute Gasteiger partial charge is 0.303 e. The number of halogens is 2. The van der Waals surface area contributed by atoms with Gasteiger partial charge < -0.3 is 15.4 Å². The highest BCUT2D eigenvalue weighted by Crippen LogP contribution is 2.29. The highest BCUT2D eigenvalue weighted by atomic mass is 19.3. The van der Waals surface area contributed by atoms with Gasteiger partial charge >= 0.3 is 5.92 Å². The van der Waals surface area contributed by atoms with Crippen LogP contribution in [0, 0.1) is 6.92 Å². The molecule has 0 bridgehead atoms. The number of alkyl halides is 2. The molecule has 1 amide bonds. The van der Waals surface area contributed by atoms with Gasteiger partial charge in [0.25, 0.3) is 0 Å². The molecule has 31 heavy (non-hydrogen) atoms. The maximum atomic E-state index is 13.8. The molecule has 0 aliphatic heterocycles. The summed E-state index contributed by atoms with van der Waals surface area (Å²) in [6, 6.07) is 3.12. The number of rotatable bonds is 8. The molecule has 9 nitrogen and oxygen atoms in total. The summed E-state index contributed by atoms with van der Waals surface area (Å²) < 4.78 is 34.2. The molecule has 3 heterocycles. The number of pyridine rings is 1. The van der Waals surface area contributed by atoms with Crippen LogP contribution in [0.3, 0.4) is 0 Å². The van der Waals surface area contributed by atoms with Crippen molar-refractivity contribution in [2.75, 3.05) is 24.4 Å². The number of aromatic nitrogens is 5. The van der Waals surface area contributed by atoms with Gasteiger partial charge in [0.1, 0.15) is 17.3 Å². The fourth-order valence-corrected chi connectivity index (χ4v) is 2.79. The van der Waals surface area contributed by atoms with Gasteiger partial charge in [-0.3, -0.25) is 4.79 Å². The first-order valence-corrected chi connectivity index (χ1v) is 9.47. The first-order valence-electron chi connectivity index (χ1n) is 9.47. The molecule has 0 radical (unpaired) electrons. The van der Waals surface area contributed by atoms with Crippen LogP contribution in [0.15, 0.2) is 30.7 Å². The topological polar surface area (TPSA) is 107 Å². The number of anilines is 3. The minimum atomic E-state index is -3.19. The van der Waals surface area contributed by atoms with Crippen molar-refractivity contribution in [2.45, 2.75) is 33.1 Å². The highest BCUT2D eigenvalue weighted by Gasteiger charge is 2.29. The number of nitrogens with zero attached hydrogens (tertiary/aromatic N) is 5. The van der Waals surface area contributed by atoms with E-state index < -0.39 is 11.7 Å². The van der Waals surface area contributed by atoms with Crippen molar-refractivity contribution < 1.29 is 18.3 Å². The van der Waals surface area contributed by atoms with Crippen LogP contribution in [0.2, 0.25) is 0 Å². The summed E-state index contributed by atoms with van der Waals surface area (Å²) in [5.74, 6) is -3.61. The lowest BCUT2D eigenvalue weighted by Gasteiger charge is -2.15. The third-order valence-corrected chi connectivity index (χ3v) is 4.17. The van der Waals surface area contributed by atoms with Crippen LogP contribution in [-0.2, 0) is 21.9 Å². The van der Waals surface area contributed by atoms with Gasteiger partial charge in [-0.1, -0.05) is 0 Å². The maximum Gasteiger partial charge on any atom is 0.303 e. The Bertz CT molecular complexity index is 1080. The average Bonchev–Trinajstić information content (AvgIpc) is 3.13. The third-order valence-electron chi connectivity index (χ3n) is 4.17. The van der Waals surface area contributed by atoms with E-state index in [9.17, 15) is 13.6 Å². The number of amides is 1. The number of carbonyl (C=O) groups excluding carboxylic acids is 1. The van der Waals surface area contributed by atoms with Crippen molar-refractivity contribution in [2.24, 2.45) is 0 Å². The van der Waals surface area contributed by atoms with Crippen LogP contribution < -0.4 is 10.6 Å². The molecule has 0 aliphatic rings. The minimum absolute atomic E-state index is 0.178. The molecular formula is C20H23F2N7O2. The maximum absolute atomic E-state index is 13.8. The zero-order valence-electron chi connectivity index (χ0n) is 17.6. The molecule has 0 saturated heterocycles. The van der Waals surface area contributed by atoms with Crippen molar-refractivity contribution >= 4 is 23.2 Å². The molecule has 3 aromatic rings. The molecule has 2 N–H and O–H groups in total. The van der Waals surface area contributed by atoms with Gasteiger partial charge in [-0.2, -0.15) is 13.9 Å². The Morgan fingerprint density at radius 1 is 1.23 bits per heavy atom. The van der Waals surface area contributed by atoms with E-state index in [1.165, 1.54) is 13.1 Å². The van der Waals surface area contributed by atoms with Gasteiger partial charge in [0.2, 0.25) is 11.7 Å². The first-order chi connectivity index (χ1) is 14.7. The molecule has 0 atom stereocenters. The summed E-state index contributed by atoms with van der Waals surface area (Å²) in [6.07, 6.45) is 5.71. The average molecular weight is 431 g/mol. The lowest BCUT2D eigenvalue weighted by molar-refractivity contribution is -0.114. The van der Waals surface area contributed by atoms with Crippen molar-refractivity contribution in [3.05, 3.63) is 47.8 Å². The van der Waals surface area contributed by atoms with Gasteiger partial charge in [0.15, 0.2) is 0 Å². The number of nitrogens with one attached hydrogen (secondary N) is 2. The van der Waals surface area contributed by atoms with Gasteiger partial charge in [-0.15, -0.1) is 0 Å². The van der Waals surface area contributed by atoms with Crippen LogP contribution in [0.4, 0.5) is 26.1 Å². The summed E-state index contributed by atoms with van der Waals surface area (Å²) in [5, 5.41) is 9.98. The Morgan fingerprint density at radius 2 is 2.00 bits per heavy atom. The van der Waals surface area contributed by atoms with E-state index in [4.69, 9.17) is 4.74 Å². The zero-order chi connectivity index (χ0) is 22.6. The molecule has 3 rings (SSSR count). The first kappa shape index (κ1) is 22.2. The molecule has 3 aromatic heterocycles. The Kier molecular flexibility index (Phi) is 6.54. The SMILES string of the molecule is COCCc1cnn(-c2cnc(NC(C)=O)cc2Nc2cc(C)nc(C(C)(F)F)n2)c1. The van der Waals surface area contributed by atoms with Gasteiger partial charge in [-0.05, 0) is 18.9 Å². The molecule has 0 unspecified atom stereocenters. The standard InChI is InChI=1S/C20H23F2N7O2/c1-12-7-18(28-19(25-12)20(3,21)22)27-15-8-17(26-13(2)30)23-10-16(15)29-11-14(9-24-29)5-6-31-4/h7-11H,5-6H2,1-4H3,(H2,23,25,26,27,28,30). The summed E-state index contributed by atoms with van der Waals surface area (Å²) in [4.78, 5) is 23.4. The van der Waals surface area contributed by atoms with Crippen molar-refractivity contribution in [1.82, 2.24) is 24.7 Å².